The summed E-state index contributed by atoms with van der Waals surface area (Å²) in [5, 5.41) is 0. The Kier molecular flexibility index (Phi) is 3.36. The van der Waals surface area contributed by atoms with Crippen LogP contribution in [0, 0.1) is 5.92 Å². The maximum absolute atomic E-state index is 6.46. The summed E-state index contributed by atoms with van der Waals surface area (Å²) >= 11 is 0. The number of rotatable bonds is 2. The minimum absolute atomic E-state index is 0.144. The average Bonchev–Trinajstić information content (AvgIpc) is 2.60. The quantitative estimate of drug-likeness (QED) is 0.758. The molecule has 1 heterocycles. The molecule has 2 nitrogen and oxygen atoms in total. The van der Waals surface area contributed by atoms with Gasteiger partial charge >= 0.3 is 0 Å². The molecule has 2 heteroatoms. The Balaban J connectivity index is 1.92. The molecule has 0 amide bonds. The van der Waals surface area contributed by atoms with Crippen LogP contribution in [-0.2, 0) is 0 Å². The number of likely N-dealkylation sites (tertiary alicyclic amines) is 1. The number of nitrogens with zero attached hydrogens (tertiary/aromatic N) is 1. The van der Waals surface area contributed by atoms with Crippen molar-refractivity contribution in [3.05, 3.63) is 0 Å². The Hall–Kier alpha value is -0.0800. The molecule has 1 saturated heterocycles. The summed E-state index contributed by atoms with van der Waals surface area (Å²) in [6.07, 6.45) is 7.93. The fourth-order valence-electron chi connectivity index (χ4n) is 3.29. The van der Waals surface area contributed by atoms with E-state index in [4.69, 9.17) is 5.73 Å². The lowest BCUT2D eigenvalue weighted by molar-refractivity contribution is 0.0877. The zero-order valence-electron chi connectivity index (χ0n) is 10.3. The highest BCUT2D eigenvalue weighted by molar-refractivity contribution is 4.94. The Bertz CT molecular complexity index is 209. The molecular formula is C13H26N2. The topological polar surface area (TPSA) is 29.3 Å². The molecule has 2 N–H and O–H groups in total. The molecule has 2 rings (SSSR count). The molecule has 88 valence electrons. The van der Waals surface area contributed by atoms with Crippen LogP contribution in [-0.4, -0.2) is 29.6 Å². The third-order valence-corrected chi connectivity index (χ3v) is 4.62. The van der Waals surface area contributed by atoms with Crippen molar-refractivity contribution < 1.29 is 0 Å². The monoisotopic (exact) mass is 210 g/mol. The first kappa shape index (κ1) is 11.4. The summed E-state index contributed by atoms with van der Waals surface area (Å²) in [5.41, 5.74) is 6.60. The van der Waals surface area contributed by atoms with Crippen LogP contribution < -0.4 is 5.73 Å². The minimum Gasteiger partial charge on any atom is -0.324 e. The van der Waals surface area contributed by atoms with E-state index in [2.05, 4.69) is 18.7 Å². The highest BCUT2D eigenvalue weighted by Gasteiger charge is 2.34. The van der Waals surface area contributed by atoms with Gasteiger partial charge in [-0.25, -0.2) is 0 Å². The largest absolute Gasteiger partial charge is 0.324 e. The van der Waals surface area contributed by atoms with Gasteiger partial charge in [-0.05, 0) is 45.1 Å². The predicted molar refractivity (Wildman–Crippen MR) is 64.8 cm³/mol. The lowest BCUT2D eigenvalue weighted by Crippen LogP contribution is -2.53. The van der Waals surface area contributed by atoms with Crippen molar-refractivity contribution >= 4 is 0 Å². The van der Waals surface area contributed by atoms with E-state index >= 15 is 0 Å². The molecule has 15 heavy (non-hydrogen) atoms. The van der Waals surface area contributed by atoms with Crippen LogP contribution in [0.2, 0.25) is 0 Å². The molecule has 2 atom stereocenters. The molecule has 2 fully saturated rings. The smallest absolute Gasteiger partial charge is 0.0283 e. The zero-order valence-corrected chi connectivity index (χ0v) is 10.3. The fraction of sp³-hybridized carbons (Fsp3) is 1.00. The van der Waals surface area contributed by atoms with Gasteiger partial charge in [-0.2, -0.15) is 0 Å². The molecule has 0 aromatic heterocycles. The Morgan fingerprint density at radius 3 is 2.53 bits per heavy atom. The van der Waals surface area contributed by atoms with Crippen molar-refractivity contribution in [2.45, 2.75) is 64.0 Å². The second kappa shape index (κ2) is 4.42. The van der Waals surface area contributed by atoms with E-state index in [1.165, 1.54) is 45.1 Å². The molecule has 1 aliphatic heterocycles. The van der Waals surface area contributed by atoms with Crippen LogP contribution in [0.15, 0.2) is 0 Å². The Morgan fingerprint density at radius 1 is 1.20 bits per heavy atom. The molecule has 1 saturated carbocycles. The molecule has 2 unspecified atom stereocenters. The normalized spacial score (nSPS) is 37.0. The van der Waals surface area contributed by atoms with Crippen molar-refractivity contribution in [3.8, 4) is 0 Å². The van der Waals surface area contributed by atoms with Crippen LogP contribution in [0.5, 0.6) is 0 Å². The van der Waals surface area contributed by atoms with E-state index in [1.807, 2.05) is 0 Å². The van der Waals surface area contributed by atoms with E-state index in [-0.39, 0.29) is 5.54 Å². The SMILES string of the molecule is CC1CCCN(CC2(N)CCCC2)C1C. The van der Waals surface area contributed by atoms with E-state index in [1.54, 1.807) is 0 Å². The summed E-state index contributed by atoms with van der Waals surface area (Å²) in [5.74, 6) is 0.851. The van der Waals surface area contributed by atoms with Gasteiger partial charge in [0.25, 0.3) is 0 Å². The van der Waals surface area contributed by atoms with Crippen molar-refractivity contribution in [3.63, 3.8) is 0 Å². The van der Waals surface area contributed by atoms with E-state index < -0.39 is 0 Å². The maximum atomic E-state index is 6.46. The molecule has 0 radical (unpaired) electrons. The highest BCUT2D eigenvalue weighted by Crippen LogP contribution is 2.31. The summed E-state index contributed by atoms with van der Waals surface area (Å²) in [7, 11) is 0. The first-order valence-electron chi connectivity index (χ1n) is 6.64. The molecule has 2 aliphatic rings. The van der Waals surface area contributed by atoms with Gasteiger partial charge in [0.15, 0.2) is 0 Å². The third kappa shape index (κ3) is 2.54. The zero-order chi connectivity index (χ0) is 10.9. The molecule has 0 aromatic carbocycles. The van der Waals surface area contributed by atoms with E-state index in [0.717, 1.165) is 18.5 Å². The summed E-state index contributed by atoms with van der Waals surface area (Å²) in [6, 6.07) is 0.736. The van der Waals surface area contributed by atoms with Gasteiger partial charge in [-0.15, -0.1) is 0 Å². The number of hydrogen-bond donors (Lipinski definition) is 1. The van der Waals surface area contributed by atoms with Gasteiger partial charge in [0.05, 0.1) is 0 Å². The van der Waals surface area contributed by atoms with Gasteiger partial charge in [-0.1, -0.05) is 19.8 Å². The van der Waals surface area contributed by atoms with Crippen LogP contribution in [0.3, 0.4) is 0 Å². The first-order valence-corrected chi connectivity index (χ1v) is 6.64. The minimum atomic E-state index is 0.144. The average molecular weight is 210 g/mol. The predicted octanol–water partition coefficient (Wildman–Crippen LogP) is 2.38. The molecule has 0 aromatic rings. The van der Waals surface area contributed by atoms with Gasteiger partial charge in [0.1, 0.15) is 0 Å². The van der Waals surface area contributed by atoms with Crippen LogP contribution in [0.4, 0.5) is 0 Å². The number of nitrogens with two attached hydrogens (primary N) is 1. The second-order valence-electron chi connectivity index (χ2n) is 5.90. The van der Waals surface area contributed by atoms with Gasteiger partial charge in [-0.3, -0.25) is 4.90 Å². The third-order valence-electron chi connectivity index (χ3n) is 4.62. The molecule has 1 aliphatic carbocycles. The van der Waals surface area contributed by atoms with E-state index in [9.17, 15) is 0 Å². The van der Waals surface area contributed by atoms with Crippen LogP contribution in [0.1, 0.15) is 52.4 Å². The Labute approximate surface area is 94.2 Å². The summed E-state index contributed by atoms with van der Waals surface area (Å²) in [6.45, 7) is 7.17. The van der Waals surface area contributed by atoms with Crippen molar-refractivity contribution in [2.24, 2.45) is 11.7 Å². The van der Waals surface area contributed by atoms with Crippen molar-refractivity contribution in [2.75, 3.05) is 13.1 Å². The number of hydrogen-bond acceptors (Lipinski definition) is 2. The van der Waals surface area contributed by atoms with Crippen molar-refractivity contribution in [1.82, 2.24) is 4.90 Å². The Morgan fingerprint density at radius 2 is 1.87 bits per heavy atom. The number of piperidine rings is 1. The van der Waals surface area contributed by atoms with Crippen LogP contribution >= 0.6 is 0 Å². The fourth-order valence-corrected chi connectivity index (χ4v) is 3.29. The lowest BCUT2D eigenvalue weighted by atomic mass is 9.89. The summed E-state index contributed by atoms with van der Waals surface area (Å²) < 4.78 is 0. The molecule has 0 spiro atoms. The standard InChI is InChI=1S/C13H26N2/c1-11-6-5-9-15(12(11)2)10-13(14)7-3-4-8-13/h11-12H,3-10,14H2,1-2H3. The molecule has 0 bridgehead atoms. The second-order valence-corrected chi connectivity index (χ2v) is 5.90. The first-order chi connectivity index (χ1) is 7.11. The van der Waals surface area contributed by atoms with E-state index in [0.29, 0.717) is 0 Å². The van der Waals surface area contributed by atoms with Crippen molar-refractivity contribution in [1.29, 1.82) is 0 Å². The van der Waals surface area contributed by atoms with Crippen LogP contribution in [0.25, 0.3) is 0 Å². The maximum Gasteiger partial charge on any atom is 0.0283 e. The van der Waals surface area contributed by atoms with Gasteiger partial charge in [0, 0.05) is 18.1 Å². The molecular weight excluding hydrogens is 184 g/mol. The summed E-state index contributed by atoms with van der Waals surface area (Å²) in [4.78, 5) is 2.64. The lowest BCUT2D eigenvalue weighted by Gasteiger charge is -2.42. The van der Waals surface area contributed by atoms with Gasteiger partial charge < -0.3 is 5.73 Å². The van der Waals surface area contributed by atoms with Gasteiger partial charge in [0.2, 0.25) is 0 Å². The highest BCUT2D eigenvalue weighted by atomic mass is 15.2.